The Morgan fingerprint density at radius 1 is 1.29 bits per heavy atom. The van der Waals surface area contributed by atoms with Crippen LogP contribution < -0.4 is 5.32 Å². The highest BCUT2D eigenvalue weighted by Gasteiger charge is 2.11. The molecule has 86 valence electrons. The van der Waals surface area contributed by atoms with Gasteiger partial charge in [-0.15, -0.1) is 12.4 Å². The van der Waals surface area contributed by atoms with Crippen LogP contribution in [0.5, 0.6) is 0 Å². The molecule has 1 nitrogen and oxygen atoms in total. The average molecular weight is 238 g/mol. The summed E-state index contributed by atoms with van der Waals surface area (Å²) in [5.41, 5.74) is 0. The first-order chi connectivity index (χ1) is 6.29. The van der Waals surface area contributed by atoms with Crippen LogP contribution in [0.4, 0.5) is 0 Å². The van der Waals surface area contributed by atoms with Crippen molar-refractivity contribution in [2.24, 2.45) is 11.8 Å². The van der Waals surface area contributed by atoms with E-state index in [4.69, 9.17) is 0 Å². The van der Waals surface area contributed by atoms with Gasteiger partial charge in [-0.2, -0.15) is 11.8 Å². The van der Waals surface area contributed by atoms with Gasteiger partial charge >= 0.3 is 0 Å². The SMILES string of the molecule is CC(C)CSCCC1CCNCC1.Cl. The van der Waals surface area contributed by atoms with Crippen LogP contribution in [0.3, 0.4) is 0 Å². The van der Waals surface area contributed by atoms with Crippen molar-refractivity contribution in [1.29, 1.82) is 0 Å². The Labute approximate surface area is 99.2 Å². The van der Waals surface area contributed by atoms with Crippen LogP contribution in [-0.2, 0) is 0 Å². The lowest BCUT2D eigenvalue weighted by Crippen LogP contribution is -2.27. The Bertz CT molecular complexity index is 124. The zero-order valence-electron chi connectivity index (χ0n) is 9.42. The molecule has 0 amide bonds. The van der Waals surface area contributed by atoms with Gasteiger partial charge in [-0.1, -0.05) is 13.8 Å². The van der Waals surface area contributed by atoms with Crippen molar-refractivity contribution in [3.8, 4) is 0 Å². The third-order valence-corrected chi connectivity index (χ3v) is 4.01. The summed E-state index contributed by atoms with van der Waals surface area (Å²) in [5, 5.41) is 3.42. The molecule has 1 aliphatic rings. The molecular weight excluding hydrogens is 214 g/mol. The molecule has 14 heavy (non-hydrogen) atoms. The molecule has 0 aromatic carbocycles. The fraction of sp³-hybridized carbons (Fsp3) is 1.00. The molecule has 1 aliphatic heterocycles. The summed E-state index contributed by atoms with van der Waals surface area (Å²) in [6.07, 6.45) is 4.25. The van der Waals surface area contributed by atoms with E-state index in [2.05, 4.69) is 30.9 Å². The van der Waals surface area contributed by atoms with Crippen molar-refractivity contribution >= 4 is 24.2 Å². The van der Waals surface area contributed by atoms with Gasteiger partial charge in [0.15, 0.2) is 0 Å². The molecule has 1 N–H and O–H groups in total. The molecule has 0 aromatic heterocycles. The van der Waals surface area contributed by atoms with Crippen LogP contribution in [0.1, 0.15) is 33.1 Å². The third kappa shape index (κ3) is 6.97. The molecule has 1 rings (SSSR count). The second kappa shape index (κ2) is 8.87. The quantitative estimate of drug-likeness (QED) is 0.738. The smallest absolute Gasteiger partial charge is 0.00444 e. The zero-order chi connectivity index (χ0) is 9.52. The number of rotatable bonds is 5. The highest BCUT2D eigenvalue weighted by Crippen LogP contribution is 2.19. The van der Waals surface area contributed by atoms with E-state index in [0.29, 0.717) is 0 Å². The van der Waals surface area contributed by atoms with Gasteiger partial charge in [-0.05, 0) is 55.7 Å². The van der Waals surface area contributed by atoms with E-state index < -0.39 is 0 Å². The lowest BCUT2D eigenvalue weighted by Gasteiger charge is -2.22. The van der Waals surface area contributed by atoms with Crippen LogP contribution >= 0.6 is 24.2 Å². The summed E-state index contributed by atoms with van der Waals surface area (Å²) in [4.78, 5) is 0. The molecule has 1 heterocycles. The molecule has 0 atom stereocenters. The van der Waals surface area contributed by atoms with Crippen LogP contribution in [-0.4, -0.2) is 24.6 Å². The van der Waals surface area contributed by atoms with E-state index in [9.17, 15) is 0 Å². The van der Waals surface area contributed by atoms with Crippen molar-refractivity contribution in [1.82, 2.24) is 5.32 Å². The molecule has 1 saturated heterocycles. The van der Waals surface area contributed by atoms with E-state index in [1.54, 1.807) is 0 Å². The minimum Gasteiger partial charge on any atom is -0.317 e. The standard InChI is InChI=1S/C11H23NS.ClH/c1-10(2)9-13-8-5-11-3-6-12-7-4-11;/h10-12H,3-9H2,1-2H3;1H. The second-order valence-corrected chi connectivity index (χ2v) is 5.60. The van der Waals surface area contributed by atoms with Gasteiger partial charge in [0.2, 0.25) is 0 Å². The first-order valence-electron chi connectivity index (χ1n) is 5.57. The Kier molecular flexibility index (Phi) is 9.25. The fourth-order valence-electron chi connectivity index (χ4n) is 1.74. The zero-order valence-corrected chi connectivity index (χ0v) is 11.1. The minimum atomic E-state index is 0. The van der Waals surface area contributed by atoms with E-state index in [1.165, 1.54) is 43.9 Å². The largest absolute Gasteiger partial charge is 0.317 e. The normalized spacial score (nSPS) is 18.2. The maximum Gasteiger partial charge on any atom is -0.00444 e. The first kappa shape index (κ1) is 14.6. The highest BCUT2D eigenvalue weighted by molar-refractivity contribution is 7.99. The minimum absolute atomic E-state index is 0. The van der Waals surface area contributed by atoms with Crippen molar-refractivity contribution in [2.45, 2.75) is 33.1 Å². The number of hydrogen-bond acceptors (Lipinski definition) is 2. The number of nitrogens with one attached hydrogen (secondary N) is 1. The average Bonchev–Trinajstić information content (AvgIpc) is 2.14. The second-order valence-electron chi connectivity index (χ2n) is 4.45. The van der Waals surface area contributed by atoms with Crippen molar-refractivity contribution in [2.75, 3.05) is 24.6 Å². The Balaban J connectivity index is 0.00000169. The molecule has 0 aliphatic carbocycles. The molecule has 0 radical (unpaired) electrons. The maximum absolute atomic E-state index is 3.42. The Morgan fingerprint density at radius 3 is 2.50 bits per heavy atom. The number of thioether (sulfide) groups is 1. The molecule has 0 saturated carbocycles. The van der Waals surface area contributed by atoms with Crippen LogP contribution in [0, 0.1) is 11.8 Å². The van der Waals surface area contributed by atoms with E-state index in [1.807, 2.05) is 0 Å². The topological polar surface area (TPSA) is 12.0 Å². The summed E-state index contributed by atoms with van der Waals surface area (Å²) >= 11 is 2.13. The first-order valence-corrected chi connectivity index (χ1v) is 6.73. The summed E-state index contributed by atoms with van der Waals surface area (Å²) in [6.45, 7) is 7.11. The van der Waals surface area contributed by atoms with Gasteiger partial charge in [0.1, 0.15) is 0 Å². The molecule has 0 aromatic rings. The Morgan fingerprint density at radius 2 is 1.93 bits per heavy atom. The van der Waals surface area contributed by atoms with Gasteiger partial charge in [0.25, 0.3) is 0 Å². The molecule has 3 heteroatoms. The van der Waals surface area contributed by atoms with Crippen LogP contribution in [0.2, 0.25) is 0 Å². The van der Waals surface area contributed by atoms with Crippen molar-refractivity contribution in [3.63, 3.8) is 0 Å². The van der Waals surface area contributed by atoms with Crippen LogP contribution in [0.25, 0.3) is 0 Å². The summed E-state index contributed by atoms with van der Waals surface area (Å²) < 4.78 is 0. The number of hydrogen-bond donors (Lipinski definition) is 1. The Hall–Kier alpha value is 0.600. The number of halogens is 1. The summed E-state index contributed by atoms with van der Waals surface area (Å²) in [7, 11) is 0. The van der Waals surface area contributed by atoms with Crippen LogP contribution in [0.15, 0.2) is 0 Å². The van der Waals surface area contributed by atoms with E-state index >= 15 is 0 Å². The number of piperidine rings is 1. The van der Waals surface area contributed by atoms with Crippen molar-refractivity contribution in [3.05, 3.63) is 0 Å². The summed E-state index contributed by atoms with van der Waals surface area (Å²) in [5.74, 6) is 4.59. The van der Waals surface area contributed by atoms with E-state index in [0.717, 1.165) is 11.8 Å². The molecule has 0 spiro atoms. The summed E-state index contributed by atoms with van der Waals surface area (Å²) in [6, 6.07) is 0. The lowest BCUT2D eigenvalue weighted by molar-refractivity contribution is 0.367. The molecule has 1 fully saturated rings. The van der Waals surface area contributed by atoms with E-state index in [-0.39, 0.29) is 12.4 Å². The molecular formula is C11H24ClNS. The van der Waals surface area contributed by atoms with Crippen molar-refractivity contribution < 1.29 is 0 Å². The van der Waals surface area contributed by atoms with Gasteiger partial charge in [-0.25, -0.2) is 0 Å². The fourth-order valence-corrected chi connectivity index (χ4v) is 2.88. The van der Waals surface area contributed by atoms with Gasteiger partial charge in [0, 0.05) is 0 Å². The lowest BCUT2D eigenvalue weighted by atomic mass is 9.96. The highest BCUT2D eigenvalue weighted by atomic mass is 35.5. The predicted octanol–water partition coefficient (Wildman–Crippen LogP) is 3.19. The molecule has 0 bridgehead atoms. The van der Waals surface area contributed by atoms with Gasteiger partial charge < -0.3 is 5.32 Å². The van der Waals surface area contributed by atoms with Gasteiger partial charge in [-0.3, -0.25) is 0 Å². The molecule has 0 unspecified atom stereocenters. The third-order valence-electron chi connectivity index (χ3n) is 2.58. The monoisotopic (exact) mass is 237 g/mol. The maximum atomic E-state index is 3.42. The predicted molar refractivity (Wildman–Crippen MR) is 69.6 cm³/mol. The van der Waals surface area contributed by atoms with Gasteiger partial charge in [0.05, 0.1) is 0 Å².